The molecule has 0 aliphatic rings. The second kappa shape index (κ2) is 7.81. The van der Waals surface area contributed by atoms with Gasteiger partial charge in [0.1, 0.15) is 5.82 Å². The summed E-state index contributed by atoms with van der Waals surface area (Å²) >= 11 is 0. The predicted octanol–water partition coefficient (Wildman–Crippen LogP) is 2.30. The molecule has 0 saturated carbocycles. The van der Waals surface area contributed by atoms with Gasteiger partial charge in [-0.3, -0.25) is 19.0 Å². The van der Waals surface area contributed by atoms with Crippen LogP contribution in [-0.4, -0.2) is 36.5 Å². The van der Waals surface area contributed by atoms with Gasteiger partial charge in [0, 0.05) is 23.5 Å². The standard InChI is InChI=1S/C18H18FN5O3/c1-12-10-16(22-24(12)11-13-4-2-3-5-14(13)19)20-18(27)15-6-8-23(21-15)9-7-17(25)26/h2-6,8,10H,7,9,11H2,1H3,(H,25,26)(H,20,22,27). The van der Waals surface area contributed by atoms with Gasteiger partial charge >= 0.3 is 5.97 Å². The summed E-state index contributed by atoms with van der Waals surface area (Å²) in [4.78, 5) is 22.9. The van der Waals surface area contributed by atoms with Gasteiger partial charge in [0.15, 0.2) is 11.5 Å². The van der Waals surface area contributed by atoms with Crippen molar-refractivity contribution >= 4 is 17.7 Å². The summed E-state index contributed by atoms with van der Waals surface area (Å²) in [6.45, 7) is 2.24. The fraction of sp³-hybridized carbons (Fsp3) is 0.222. The maximum Gasteiger partial charge on any atom is 0.305 e. The molecule has 0 bridgehead atoms. The Labute approximate surface area is 154 Å². The van der Waals surface area contributed by atoms with E-state index in [1.807, 2.05) is 6.92 Å². The van der Waals surface area contributed by atoms with Crippen LogP contribution in [0, 0.1) is 12.7 Å². The molecule has 9 heteroatoms. The minimum absolute atomic E-state index is 0.0810. The van der Waals surface area contributed by atoms with Crippen LogP contribution in [0.15, 0.2) is 42.6 Å². The van der Waals surface area contributed by atoms with Crippen molar-refractivity contribution in [3.05, 3.63) is 65.4 Å². The fourth-order valence-corrected chi connectivity index (χ4v) is 2.52. The first kappa shape index (κ1) is 18.3. The minimum atomic E-state index is -0.938. The van der Waals surface area contributed by atoms with E-state index < -0.39 is 11.9 Å². The van der Waals surface area contributed by atoms with Gasteiger partial charge in [0.05, 0.1) is 19.5 Å². The number of benzene rings is 1. The Morgan fingerprint density at radius 2 is 2.00 bits per heavy atom. The number of carbonyl (C=O) groups is 2. The molecule has 2 aromatic heterocycles. The molecule has 0 radical (unpaired) electrons. The molecule has 0 aliphatic carbocycles. The summed E-state index contributed by atoms with van der Waals surface area (Å²) in [6.07, 6.45) is 1.46. The largest absolute Gasteiger partial charge is 0.481 e. The lowest BCUT2D eigenvalue weighted by atomic mass is 10.2. The molecule has 1 aromatic carbocycles. The van der Waals surface area contributed by atoms with Gasteiger partial charge in [-0.05, 0) is 19.1 Å². The van der Waals surface area contributed by atoms with Crippen LogP contribution < -0.4 is 5.32 Å². The average Bonchev–Trinajstić information content (AvgIpc) is 3.22. The van der Waals surface area contributed by atoms with E-state index in [9.17, 15) is 14.0 Å². The number of halogens is 1. The van der Waals surface area contributed by atoms with E-state index in [0.717, 1.165) is 5.69 Å². The molecular weight excluding hydrogens is 353 g/mol. The minimum Gasteiger partial charge on any atom is -0.481 e. The monoisotopic (exact) mass is 371 g/mol. The number of aryl methyl sites for hydroxylation is 2. The van der Waals surface area contributed by atoms with Crippen LogP contribution in [0.3, 0.4) is 0 Å². The van der Waals surface area contributed by atoms with Crippen LogP contribution >= 0.6 is 0 Å². The lowest BCUT2D eigenvalue weighted by molar-refractivity contribution is -0.137. The summed E-state index contributed by atoms with van der Waals surface area (Å²) in [5.41, 5.74) is 1.42. The van der Waals surface area contributed by atoms with Crippen LogP contribution in [0.4, 0.5) is 10.2 Å². The Bertz CT molecular complexity index is 979. The molecule has 0 fully saturated rings. The number of hydrogen-bond acceptors (Lipinski definition) is 4. The zero-order chi connectivity index (χ0) is 19.4. The maximum absolute atomic E-state index is 13.8. The number of anilines is 1. The summed E-state index contributed by atoms with van der Waals surface area (Å²) in [7, 11) is 0. The first-order valence-electron chi connectivity index (χ1n) is 8.27. The third-order valence-electron chi connectivity index (χ3n) is 3.93. The van der Waals surface area contributed by atoms with Gasteiger partial charge in [-0.1, -0.05) is 18.2 Å². The smallest absolute Gasteiger partial charge is 0.305 e. The zero-order valence-electron chi connectivity index (χ0n) is 14.6. The van der Waals surface area contributed by atoms with E-state index in [0.29, 0.717) is 11.4 Å². The van der Waals surface area contributed by atoms with Gasteiger partial charge in [-0.2, -0.15) is 10.2 Å². The van der Waals surface area contributed by atoms with Crippen molar-refractivity contribution in [3.63, 3.8) is 0 Å². The highest BCUT2D eigenvalue weighted by atomic mass is 19.1. The summed E-state index contributed by atoms with van der Waals surface area (Å²) < 4.78 is 16.8. The Hall–Kier alpha value is -3.49. The lowest BCUT2D eigenvalue weighted by Crippen LogP contribution is -2.15. The number of carboxylic acids is 1. The number of carboxylic acid groups (broad SMARTS) is 1. The molecule has 0 saturated heterocycles. The van der Waals surface area contributed by atoms with Crippen LogP contribution in [0.25, 0.3) is 0 Å². The molecule has 0 spiro atoms. The van der Waals surface area contributed by atoms with Crippen molar-refractivity contribution in [2.75, 3.05) is 5.32 Å². The number of aromatic nitrogens is 4. The van der Waals surface area contributed by atoms with E-state index >= 15 is 0 Å². The molecule has 0 aliphatic heterocycles. The van der Waals surface area contributed by atoms with Gasteiger partial charge in [0.2, 0.25) is 0 Å². The molecule has 2 heterocycles. The Balaban J connectivity index is 1.67. The predicted molar refractivity (Wildman–Crippen MR) is 94.9 cm³/mol. The van der Waals surface area contributed by atoms with Crippen LogP contribution in [0.5, 0.6) is 0 Å². The molecular formula is C18H18FN5O3. The van der Waals surface area contributed by atoms with E-state index in [1.54, 1.807) is 35.1 Å². The van der Waals surface area contributed by atoms with Crippen molar-refractivity contribution in [2.45, 2.75) is 26.4 Å². The lowest BCUT2D eigenvalue weighted by Gasteiger charge is -2.05. The van der Waals surface area contributed by atoms with Crippen molar-refractivity contribution in [1.29, 1.82) is 0 Å². The summed E-state index contributed by atoms with van der Waals surface area (Å²) in [6, 6.07) is 9.62. The maximum atomic E-state index is 13.8. The molecule has 3 rings (SSSR count). The molecule has 2 N–H and O–H groups in total. The third kappa shape index (κ3) is 4.57. The highest BCUT2D eigenvalue weighted by molar-refractivity contribution is 6.02. The van der Waals surface area contributed by atoms with Gasteiger partial charge in [0.25, 0.3) is 5.91 Å². The first-order valence-corrected chi connectivity index (χ1v) is 8.27. The topological polar surface area (TPSA) is 102 Å². The Kier molecular flexibility index (Phi) is 5.30. The number of carbonyl (C=O) groups excluding carboxylic acids is 1. The van der Waals surface area contributed by atoms with Crippen molar-refractivity contribution in [2.24, 2.45) is 0 Å². The second-order valence-corrected chi connectivity index (χ2v) is 5.98. The number of aliphatic carboxylic acids is 1. The van der Waals surface area contributed by atoms with Gasteiger partial charge in [-0.25, -0.2) is 4.39 Å². The van der Waals surface area contributed by atoms with E-state index in [4.69, 9.17) is 5.11 Å². The van der Waals surface area contributed by atoms with Crippen LogP contribution in [-0.2, 0) is 17.9 Å². The molecule has 0 unspecified atom stereocenters. The van der Waals surface area contributed by atoms with Gasteiger partial charge in [-0.15, -0.1) is 0 Å². The summed E-state index contributed by atoms with van der Waals surface area (Å²) in [5, 5.41) is 19.7. The van der Waals surface area contributed by atoms with Gasteiger partial charge < -0.3 is 10.4 Å². The summed E-state index contributed by atoms with van der Waals surface area (Å²) in [5.74, 6) is -1.38. The normalized spacial score (nSPS) is 10.7. The number of nitrogens with zero attached hydrogens (tertiary/aromatic N) is 4. The van der Waals surface area contributed by atoms with E-state index in [2.05, 4.69) is 15.5 Å². The first-order chi connectivity index (χ1) is 12.9. The van der Waals surface area contributed by atoms with E-state index in [-0.39, 0.29) is 31.0 Å². The molecule has 27 heavy (non-hydrogen) atoms. The zero-order valence-corrected chi connectivity index (χ0v) is 14.6. The van der Waals surface area contributed by atoms with Crippen molar-refractivity contribution in [1.82, 2.24) is 19.6 Å². The Morgan fingerprint density at radius 3 is 2.74 bits per heavy atom. The SMILES string of the molecule is Cc1cc(NC(=O)c2ccn(CCC(=O)O)n2)nn1Cc1ccccc1F. The number of rotatable bonds is 7. The number of hydrogen-bond donors (Lipinski definition) is 2. The van der Waals surface area contributed by atoms with E-state index in [1.165, 1.54) is 16.8 Å². The highest BCUT2D eigenvalue weighted by Gasteiger charge is 2.14. The molecule has 3 aromatic rings. The quantitative estimate of drug-likeness (QED) is 0.663. The van der Waals surface area contributed by atoms with Crippen molar-refractivity contribution < 1.29 is 19.1 Å². The fourth-order valence-electron chi connectivity index (χ4n) is 2.52. The molecule has 0 atom stereocenters. The number of amides is 1. The third-order valence-corrected chi connectivity index (χ3v) is 3.93. The van der Waals surface area contributed by atoms with Crippen LogP contribution in [0.2, 0.25) is 0 Å². The average molecular weight is 371 g/mol. The molecule has 1 amide bonds. The second-order valence-electron chi connectivity index (χ2n) is 5.98. The molecule has 140 valence electrons. The Morgan fingerprint density at radius 1 is 1.22 bits per heavy atom. The molecule has 8 nitrogen and oxygen atoms in total. The van der Waals surface area contributed by atoms with Crippen LogP contribution in [0.1, 0.15) is 28.2 Å². The highest BCUT2D eigenvalue weighted by Crippen LogP contribution is 2.14. The van der Waals surface area contributed by atoms with Crippen molar-refractivity contribution in [3.8, 4) is 0 Å². The number of nitrogens with one attached hydrogen (secondary N) is 1.